The van der Waals surface area contributed by atoms with E-state index in [0.717, 1.165) is 16.0 Å². The van der Waals surface area contributed by atoms with Crippen molar-refractivity contribution in [3.63, 3.8) is 0 Å². The lowest BCUT2D eigenvalue weighted by molar-refractivity contribution is -0.318. The largest absolute Gasteiger partial charge is 0.547 e. The molecule has 0 fully saturated rings. The van der Waals surface area contributed by atoms with E-state index in [1.807, 2.05) is 6.07 Å². The van der Waals surface area contributed by atoms with Crippen LogP contribution in [0, 0.1) is 0 Å². The number of benzene rings is 1. The lowest BCUT2D eigenvalue weighted by Crippen LogP contribution is -2.39. The molecule has 0 bridgehead atoms. The number of aliphatic hydroxyl groups excluding tert-OH is 2. The van der Waals surface area contributed by atoms with Crippen LogP contribution in [0.1, 0.15) is 11.1 Å². The minimum absolute atomic E-state index is 0.165. The van der Waals surface area contributed by atoms with Gasteiger partial charge in [0, 0.05) is 0 Å². The van der Waals surface area contributed by atoms with Crippen LogP contribution in [-0.2, 0) is 4.79 Å². The minimum atomic E-state index is -1.96. The van der Waals surface area contributed by atoms with Gasteiger partial charge in [-0.15, -0.1) is 11.3 Å². The smallest absolute Gasteiger partial charge is 0.137 e. The number of aromatic nitrogens is 1. The number of thiazole rings is 1. The Balaban J connectivity index is 2.36. The first-order valence-electron chi connectivity index (χ1n) is 4.52. The van der Waals surface area contributed by atoms with E-state index in [1.54, 1.807) is 18.2 Å². The maximum Gasteiger partial charge on any atom is 0.137 e. The van der Waals surface area contributed by atoms with Gasteiger partial charge in [0.2, 0.25) is 0 Å². The van der Waals surface area contributed by atoms with Gasteiger partial charge < -0.3 is 20.1 Å². The second kappa shape index (κ2) is 4.17. The van der Waals surface area contributed by atoms with Crippen LogP contribution in [0.4, 0.5) is 0 Å². The van der Waals surface area contributed by atoms with Gasteiger partial charge in [-0.2, -0.15) is 0 Å². The quantitative estimate of drug-likeness (QED) is 0.747. The Morgan fingerprint density at radius 3 is 2.69 bits per heavy atom. The average molecular weight is 238 g/mol. The topological polar surface area (TPSA) is 93.5 Å². The van der Waals surface area contributed by atoms with Crippen molar-refractivity contribution in [3.05, 3.63) is 29.3 Å². The van der Waals surface area contributed by atoms with Crippen LogP contribution < -0.4 is 5.11 Å². The lowest BCUT2D eigenvalue weighted by Gasteiger charge is -2.15. The van der Waals surface area contributed by atoms with E-state index >= 15 is 0 Å². The zero-order valence-electron chi connectivity index (χ0n) is 8.03. The standard InChI is InChI=1S/C10H9NO4S/c12-7(8(13)10(14)15)9-11-5-3-1-2-4-6(5)16-9/h1-4,7-8,12-13H,(H,14,15)/p-1/t7-,8+/m1/s1. The van der Waals surface area contributed by atoms with E-state index < -0.39 is 18.2 Å². The predicted molar refractivity (Wildman–Crippen MR) is 55.6 cm³/mol. The highest BCUT2D eigenvalue weighted by atomic mass is 32.1. The summed E-state index contributed by atoms with van der Waals surface area (Å²) in [5.74, 6) is -1.72. The maximum absolute atomic E-state index is 10.4. The third-order valence-corrected chi connectivity index (χ3v) is 3.21. The summed E-state index contributed by atoms with van der Waals surface area (Å²) in [5.41, 5.74) is 0.659. The molecule has 0 saturated heterocycles. The Hall–Kier alpha value is -1.50. The van der Waals surface area contributed by atoms with Gasteiger partial charge in [0.1, 0.15) is 17.2 Å². The van der Waals surface area contributed by atoms with Crippen molar-refractivity contribution in [3.8, 4) is 0 Å². The van der Waals surface area contributed by atoms with Crippen molar-refractivity contribution in [1.29, 1.82) is 0 Å². The fraction of sp³-hybridized carbons (Fsp3) is 0.200. The number of rotatable bonds is 3. The first kappa shape index (κ1) is 11.0. The van der Waals surface area contributed by atoms with Crippen molar-refractivity contribution in [2.75, 3.05) is 0 Å². The maximum atomic E-state index is 10.4. The van der Waals surface area contributed by atoms with Crippen LogP contribution in [0.3, 0.4) is 0 Å². The van der Waals surface area contributed by atoms with Crippen molar-refractivity contribution < 1.29 is 20.1 Å². The molecule has 0 aliphatic rings. The summed E-state index contributed by atoms with van der Waals surface area (Å²) in [4.78, 5) is 14.4. The molecular weight excluding hydrogens is 230 g/mol. The van der Waals surface area contributed by atoms with Crippen molar-refractivity contribution >= 4 is 27.5 Å². The molecule has 0 radical (unpaired) electrons. The number of nitrogens with zero attached hydrogens (tertiary/aromatic N) is 1. The van der Waals surface area contributed by atoms with Crippen molar-refractivity contribution in [2.24, 2.45) is 0 Å². The molecule has 6 heteroatoms. The molecule has 2 rings (SSSR count). The molecule has 1 aromatic heterocycles. The third kappa shape index (κ3) is 1.90. The molecule has 0 aliphatic carbocycles. The first-order valence-corrected chi connectivity index (χ1v) is 5.33. The summed E-state index contributed by atoms with van der Waals surface area (Å²) in [6.45, 7) is 0. The Kier molecular flexibility index (Phi) is 2.86. The summed E-state index contributed by atoms with van der Waals surface area (Å²) in [7, 11) is 0. The van der Waals surface area contributed by atoms with E-state index in [2.05, 4.69) is 4.98 Å². The first-order chi connectivity index (χ1) is 7.59. The van der Waals surface area contributed by atoms with Crippen LogP contribution in [0.5, 0.6) is 0 Å². The third-order valence-electron chi connectivity index (χ3n) is 2.10. The van der Waals surface area contributed by atoms with Crippen molar-refractivity contribution in [1.82, 2.24) is 4.98 Å². The monoisotopic (exact) mass is 238 g/mol. The average Bonchev–Trinajstić information content (AvgIpc) is 2.70. The molecule has 2 N–H and O–H groups in total. The molecule has 2 atom stereocenters. The van der Waals surface area contributed by atoms with Crippen LogP contribution in [0.15, 0.2) is 24.3 Å². The highest BCUT2D eigenvalue weighted by Crippen LogP contribution is 2.27. The number of hydrogen-bond donors (Lipinski definition) is 2. The summed E-state index contributed by atoms with van der Waals surface area (Å²) in [6.07, 6.45) is -3.51. The fourth-order valence-electron chi connectivity index (χ4n) is 1.28. The van der Waals surface area contributed by atoms with E-state index in [0.29, 0.717) is 5.52 Å². The van der Waals surface area contributed by atoms with Gasteiger partial charge in [-0.3, -0.25) is 0 Å². The van der Waals surface area contributed by atoms with Gasteiger partial charge in [0.05, 0.1) is 16.2 Å². The SMILES string of the molecule is O=C([O-])[C@@H](O)[C@@H](O)c1nc2ccccc2s1. The molecule has 16 heavy (non-hydrogen) atoms. The van der Waals surface area contributed by atoms with Gasteiger partial charge in [0.25, 0.3) is 0 Å². The van der Waals surface area contributed by atoms with Crippen LogP contribution in [0.25, 0.3) is 10.2 Å². The minimum Gasteiger partial charge on any atom is -0.547 e. The lowest BCUT2D eigenvalue weighted by atomic mass is 10.2. The number of aliphatic hydroxyl groups is 2. The number of carboxylic acid groups (broad SMARTS) is 1. The second-order valence-corrected chi connectivity index (χ2v) is 4.29. The van der Waals surface area contributed by atoms with Crippen molar-refractivity contribution in [2.45, 2.75) is 12.2 Å². The van der Waals surface area contributed by atoms with Gasteiger partial charge >= 0.3 is 0 Å². The molecule has 1 heterocycles. The molecule has 2 aromatic rings. The van der Waals surface area contributed by atoms with Crippen LogP contribution in [-0.4, -0.2) is 27.3 Å². The predicted octanol–water partition coefficient (Wildman–Crippen LogP) is -0.560. The van der Waals surface area contributed by atoms with Crippen LogP contribution >= 0.6 is 11.3 Å². The molecule has 0 amide bonds. The molecule has 0 spiro atoms. The van der Waals surface area contributed by atoms with Gasteiger partial charge in [0.15, 0.2) is 0 Å². The van der Waals surface area contributed by atoms with E-state index in [1.165, 1.54) is 0 Å². The van der Waals surface area contributed by atoms with Gasteiger partial charge in [-0.05, 0) is 12.1 Å². The summed E-state index contributed by atoms with van der Waals surface area (Å²) in [5, 5.41) is 29.2. The summed E-state index contributed by atoms with van der Waals surface area (Å²) < 4.78 is 0.821. The Morgan fingerprint density at radius 2 is 2.06 bits per heavy atom. The Bertz CT molecular complexity index is 491. The second-order valence-electron chi connectivity index (χ2n) is 3.23. The number of fused-ring (bicyclic) bond motifs is 1. The summed E-state index contributed by atoms with van der Waals surface area (Å²) in [6, 6.07) is 7.14. The van der Waals surface area contributed by atoms with E-state index in [9.17, 15) is 15.0 Å². The molecule has 0 saturated carbocycles. The Labute approximate surface area is 94.6 Å². The number of carbonyl (C=O) groups excluding carboxylic acids is 1. The van der Waals surface area contributed by atoms with E-state index in [4.69, 9.17) is 5.11 Å². The van der Waals surface area contributed by atoms with Crippen LogP contribution in [0.2, 0.25) is 0 Å². The molecule has 84 valence electrons. The van der Waals surface area contributed by atoms with E-state index in [-0.39, 0.29) is 5.01 Å². The zero-order chi connectivity index (χ0) is 11.7. The molecule has 5 nitrogen and oxygen atoms in total. The molecule has 1 aromatic carbocycles. The Morgan fingerprint density at radius 1 is 1.38 bits per heavy atom. The summed E-state index contributed by atoms with van der Waals surface area (Å²) >= 11 is 1.14. The highest BCUT2D eigenvalue weighted by Gasteiger charge is 2.22. The molecule has 0 unspecified atom stereocenters. The van der Waals surface area contributed by atoms with Gasteiger partial charge in [-0.25, -0.2) is 4.98 Å². The van der Waals surface area contributed by atoms with Gasteiger partial charge in [-0.1, -0.05) is 12.1 Å². The zero-order valence-corrected chi connectivity index (χ0v) is 8.85. The number of hydrogen-bond acceptors (Lipinski definition) is 6. The number of aliphatic carboxylic acids is 1. The normalized spacial score (nSPS) is 14.9. The highest BCUT2D eigenvalue weighted by molar-refractivity contribution is 7.18. The molecular formula is C10H8NO4S-. The number of para-hydroxylation sites is 1. The molecule has 0 aliphatic heterocycles. The fourth-order valence-corrected chi connectivity index (χ4v) is 2.26. The number of carbonyl (C=O) groups is 1. The number of carboxylic acids is 1.